The average Bonchev–Trinajstić information content (AvgIpc) is 1.61. The molecule has 0 N–H and O–H groups in total. The molecule has 0 bridgehead atoms. The Balaban J connectivity index is 0.00000660. The fourth-order valence-electron chi connectivity index (χ4n) is 14.6. The molecule has 9 nitrogen and oxygen atoms in total. The van der Waals surface area contributed by atoms with Crippen LogP contribution >= 0.6 is 0 Å². The fourth-order valence-corrected chi connectivity index (χ4v) is 14.6. The number of hydrogen-bond donors (Lipinski definition) is 0. The van der Waals surface area contributed by atoms with Gasteiger partial charge >= 0.3 is 0 Å². The zero-order valence-electron chi connectivity index (χ0n) is 50.7. The molecule has 10 heteroatoms. The molecule has 0 saturated carbocycles. The van der Waals surface area contributed by atoms with E-state index in [0.717, 1.165) is 122 Å². The van der Waals surface area contributed by atoms with Gasteiger partial charge in [-0.2, -0.15) is 12.1 Å². The molecule has 0 atom stereocenters. The second-order valence-corrected chi connectivity index (χ2v) is 23.8. The maximum absolute atomic E-state index is 8.36. The van der Waals surface area contributed by atoms with Crippen LogP contribution in [0.2, 0.25) is 0 Å². The number of hydrogen-bond acceptors (Lipinski definition) is 2. The second kappa shape index (κ2) is 22.2. The van der Waals surface area contributed by atoms with Crippen molar-refractivity contribution in [3.05, 3.63) is 333 Å². The first-order valence-corrected chi connectivity index (χ1v) is 31.4. The summed E-state index contributed by atoms with van der Waals surface area (Å²) in [5.74, 6) is 1.52. The minimum Gasteiger partial charge on any atom is -0.511 e. The standard InChI is InChI=1S/C85H50N8O.Pt/c1-86-57-49-60(88-54-89(80-40-19-18-39-79(80)88)73-34-13-8-26-63(73)55-22-4-2-5-23-55)51-62(50-57)94-61-44-45-69-72-48-56(64-31-20-32-70-67-29-11-14-35-74(67)90(84(64)70)58-24-6-3-7-25-58)42-46-78(72)93(82(69)52-61)83-47-43-59(53-87-83)91-75-36-15-12-30-68(75)71-33-21-41-81(85(71)91)92-76-37-16-9-27-65(76)66-28-10-17-38-77(66)92;/h2-50,53H;/q-2;. The van der Waals surface area contributed by atoms with Crippen LogP contribution in [0.4, 0.5) is 5.69 Å². The maximum atomic E-state index is 8.36. The van der Waals surface area contributed by atoms with E-state index < -0.39 is 0 Å². The van der Waals surface area contributed by atoms with Crippen LogP contribution in [-0.4, -0.2) is 27.8 Å². The van der Waals surface area contributed by atoms with Gasteiger partial charge in [0.05, 0.1) is 79.7 Å². The molecule has 448 valence electrons. The summed E-state index contributed by atoms with van der Waals surface area (Å²) in [6, 6.07) is 112. The Kier molecular flexibility index (Phi) is 13.0. The Morgan fingerprint density at radius 3 is 1.67 bits per heavy atom. The zero-order valence-corrected chi connectivity index (χ0v) is 52.9. The van der Waals surface area contributed by atoms with E-state index in [0.29, 0.717) is 28.7 Å². The average molecular weight is 1390 g/mol. The summed E-state index contributed by atoms with van der Waals surface area (Å²) in [5.41, 5.74) is 19.7. The van der Waals surface area contributed by atoms with Crippen LogP contribution in [0.25, 0.3) is 160 Å². The monoisotopic (exact) mass is 1390 g/mol. The summed E-state index contributed by atoms with van der Waals surface area (Å²) in [6.45, 7) is 8.36. The quantitative estimate of drug-likeness (QED) is 0.101. The number of benzene rings is 13. The second-order valence-electron chi connectivity index (χ2n) is 23.8. The van der Waals surface area contributed by atoms with Crippen molar-refractivity contribution in [3.8, 4) is 68.0 Å². The first-order valence-electron chi connectivity index (χ1n) is 31.4. The van der Waals surface area contributed by atoms with Gasteiger partial charge in [0.1, 0.15) is 5.82 Å². The Hall–Kier alpha value is -12.3. The predicted molar refractivity (Wildman–Crippen MR) is 380 cm³/mol. The Labute approximate surface area is 559 Å². The minimum atomic E-state index is 0. The molecule has 6 aromatic heterocycles. The molecular weight excluding hydrogens is 1340 g/mol. The molecule has 19 rings (SSSR count). The summed E-state index contributed by atoms with van der Waals surface area (Å²) in [4.78, 5) is 9.42. The van der Waals surface area contributed by atoms with Crippen LogP contribution in [-0.2, 0) is 21.1 Å². The van der Waals surface area contributed by atoms with Gasteiger partial charge in [0, 0.05) is 75.9 Å². The van der Waals surface area contributed by atoms with E-state index in [2.05, 4.69) is 301 Å². The van der Waals surface area contributed by atoms with Gasteiger partial charge < -0.3 is 27.6 Å². The van der Waals surface area contributed by atoms with Gasteiger partial charge in [-0.05, 0) is 94.6 Å². The van der Waals surface area contributed by atoms with E-state index in [9.17, 15) is 0 Å². The van der Waals surface area contributed by atoms with E-state index in [4.69, 9.17) is 16.3 Å². The summed E-state index contributed by atoms with van der Waals surface area (Å²) < 4.78 is 20.3. The molecule has 19 aromatic rings. The number of para-hydroxylation sites is 10. The van der Waals surface area contributed by atoms with Crippen LogP contribution < -0.4 is 9.30 Å². The molecule has 13 aromatic carbocycles. The first kappa shape index (κ1) is 55.5. The van der Waals surface area contributed by atoms with Gasteiger partial charge in [-0.1, -0.05) is 217 Å². The van der Waals surface area contributed by atoms with Crippen molar-refractivity contribution >= 4 is 104 Å². The Bertz CT molecular complexity index is 6290. The molecule has 95 heavy (non-hydrogen) atoms. The van der Waals surface area contributed by atoms with E-state index in [-0.39, 0.29) is 21.1 Å². The normalized spacial score (nSPS) is 11.7. The van der Waals surface area contributed by atoms with E-state index in [1.165, 1.54) is 21.5 Å². The SMILES string of the molecule is [C-]#[N+]c1cc(Oc2[c-]c3c(cc2)c2cc(-c4cccc5c6ccccc6n(-c6ccccc6)c45)ccc2n3-c2ccc(-n3c4ccccc4c4cccc(-n5c6ccccc6c6ccccc65)c43)cn2)[c-]c(-n2[c-][n+](-c3ccccc3-c3ccccc3)c3ccccc32)c1.[Pt]. The molecule has 0 unspecified atom stereocenters. The predicted octanol–water partition coefficient (Wildman–Crippen LogP) is 20.8. The number of ether oxygens (including phenoxy) is 1. The van der Waals surface area contributed by atoms with Crippen molar-refractivity contribution in [1.29, 1.82) is 0 Å². The Morgan fingerprint density at radius 1 is 0.389 bits per heavy atom. The molecule has 0 fully saturated rings. The third-order valence-corrected chi connectivity index (χ3v) is 18.6. The maximum Gasteiger partial charge on any atom is 0.268 e. The summed E-state index contributed by atoms with van der Waals surface area (Å²) in [5, 5.41) is 9.10. The molecule has 0 aliphatic carbocycles. The number of fused-ring (bicyclic) bond motifs is 13. The summed E-state index contributed by atoms with van der Waals surface area (Å²) >= 11 is 0. The molecule has 0 radical (unpaired) electrons. The molecule has 0 aliphatic rings. The number of aromatic nitrogens is 7. The third-order valence-electron chi connectivity index (χ3n) is 18.6. The number of pyridine rings is 1. The van der Waals surface area contributed by atoms with E-state index in [1.54, 1.807) is 6.07 Å². The van der Waals surface area contributed by atoms with Gasteiger partial charge in [-0.25, -0.2) is 4.98 Å². The van der Waals surface area contributed by atoms with Gasteiger partial charge in [-0.3, -0.25) is 9.41 Å². The molecule has 0 saturated heterocycles. The Morgan fingerprint density at radius 2 is 0.968 bits per heavy atom. The molecule has 0 aliphatic heterocycles. The van der Waals surface area contributed by atoms with Crippen molar-refractivity contribution in [3.63, 3.8) is 0 Å². The number of rotatable bonds is 10. The smallest absolute Gasteiger partial charge is 0.268 e. The van der Waals surface area contributed by atoms with Crippen LogP contribution in [0.1, 0.15) is 0 Å². The van der Waals surface area contributed by atoms with E-state index >= 15 is 0 Å². The van der Waals surface area contributed by atoms with Crippen LogP contribution in [0.15, 0.2) is 303 Å². The van der Waals surface area contributed by atoms with Crippen molar-refractivity contribution in [2.45, 2.75) is 0 Å². The third kappa shape index (κ3) is 8.73. The van der Waals surface area contributed by atoms with Gasteiger partial charge in [0.2, 0.25) is 0 Å². The molecular formula is C85H50N8OPt-2. The van der Waals surface area contributed by atoms with Crippen molar-refractivity contribution in [2.75, 3.05) is 0 Å². The number of imidazole rings is 1. The van der Waals surface area contributed by atoms with Crippen molar-refractivity contribution < 1.29 is 30.4 Å². The van der Waals surface area contributed by atoms with E-state index in [1.807, 2.05) is 47.2 Å². The largest absolute Gasteiger partial charge is 0.511 e. The van der Waals surface area contributed by atoms with Gasteiger partial charge in [-0.15, -0.1) is 29.7 Å². The van der Waals surface area contributed by atoms with Crippen LogP contribution in [0.3, 0.4) is 0 Å². The van der Waals surface area contributed by atoms with Crippen molar-refractivity contribution in [2.24, 2.45) is 0 Å². The van der Waals surface area contributed by atoms with Gasteiger partial charge in [0.25, 0.3) is 6.33 Å². The van der Waals surface area contributed by atoms with Crippen LogP contribution in [0.5, 0.6) is 11.5 Å². The topological polar surface area (TPSA) is 55.0 Å². The number of nitrogens with zero attached hydrogens (tertiary/aromatic N) is 8. The van der Waals surface area contributed by atoms with Gasteiger partial charge in [0.15, 0.2) is 0 Å². The molecule has 0 spiro atoms. The molecule has 0 amide bonds. The molecule has 6 heterocycles. The summed E-state index contributed by atoms with van der Waals surface area (Å²) in [7, 11) is 0. The van der Waals surface area contributed by atoms with Crippen molar-refractivity contribution in [1.82, 2.24) is 27.8 Å². The first-order chi connectivity index (χ1) is 46.6. The fraction of sp³-hybridized carbons (Fsp3) is 0. The minimum absolute atomic E-state index is 0. The van der Waals surface area contributed by atoms with Crippen LogP contribution in [0, 0.1) is 25.0 Å². The zero-order chi connectivity index (χ0) is 62.0. The summed E-state index contributed by atoms with van der Waals surface area (Å²) in [6.07, 6.45) is 5.65.